The van der Waals surface area contributed by atoms with E-state index in [1.807, 2.05) is 13.8 Å². The van der Waals surface area contributed by atoms with Crippen LogP contribution < -0.4 is 15.4 Å². The Bertz CT molecular complexity index is 438. The lowest BCUT2D eigenvalue weighted by Crippen LogP contribution is -2.41. The fourth-order valence-electron chi connectivity index (χ4n) is 1.77. The van der Waals surface area contributed by atoms with Crippen molar-refractivity contribution in [1.29, 1.82) is 0 Å². The van der Waals surface area contributed by atoms with Gasteiger partial charge in [-0.2, -0.15) is 8.78 Å². The number of halogens is 2. The number of aliphatic hydroxyl groups excluding tert-OH is 1. The number of nitrogens with one attached hydrogen (secondary N) is 2. The molecule has 21 heavy (non-hydrogen) atoms. The number of ether oxygens (including phenoxy) is 1. The zero-order valence-electron chi connectivity index (χ0n) is 12.0. The van der Waals surface area contributed by atoms with Crippen molar-refractivity contribution in [3.63, 3.8) is 0 Å². The van der Waals surface area contributed by atoms with Crippen molar-refractivity contribution in [3.8, 4) is 5.75 Å². The molecule has 0 spiro atoms. The number of carbonyl (C=O) groups is 1. The van der Waals surface area contributed by atoms with Crippen LogP contribution in [0.1, 0.15) is 20.3 Å². The molecule has 0 radical (unpaired) electrons. The van der Waals surface area contributed by atoms with Crippen LogP contribution in [0.3, 0.4) is 0 Å². The Morgan fingerprint density at radius 2 is 1.90 bits per heavy atom. The van der Waals surface area contributed by atoms with Gasteiger partial charge in [-0.25, -0.2) is 4.79 Å². The lowest BCUT2D eigenvalue weighted by molar-refractivity contribution is -0.0498. The fraction of sp³-hybridized carbons (Fsp3) is 0.500. The molecule has 1 atom stereocenters. The summed E-state index contributed by atoms with van der Waals surface area (Å²) in [5.74, 6) is 0.209. The van der Waals surface area contributed by atoms with Gasteiger partial charge in [0.2, 0.25) is 0 Å². The van der Waals surface area contributed by atoms with Crippen LogP contribution >= 0.6 is 0 Å². The molecule has 0 bridgehead atoms. The quantitative estimate of drug-likeness (QED) is 0.725. The van der Waals surface area contributed by atoms with Gasteiger partial charge in [0.05, 0.1) is 0 Å². The second-order valence-corrected chi connectivity index (χ2v) is 4.86. The summed E-state index contributed by atoms with van der Waals surface area (Å²) in [5, 5.41) is 14.3. The molecule has 2 amide bonds. The van der Waals surface area contributed by atoms with Crippen molar-refractivity contribution in [2.75, 3.05) is 11.9 Å². The minimum absolute atomic E-state index is 0.0111. The molecular weight excluding hydrogens is 282 g/mol. The van der Waals surface area contributed by atoms with Crippen LogP contribution in [0, 0.1) is 5.92 Å². The smallest absolute Gasteiger partial charge is 0.387 e. The Labute approximate surface area is 122 Å². The molecule has 0 saturated heterocycles. The third-order valence-corrected chi connectivity index (χ3v) is 2.90. The first kappa shape index (κ1) is 17.2. The van der Waals surface area contributed by atoms with Gasteiger partial charge < -0.3 is 20.5 Å². The highest BCUT2D eigenvalue weighted by molar-refractivity contribution is 5.89. The van der Waals surface area contributed by atoms with E-state index in [4.69, 9.17) is 5.11 Å². The SMILES string of the molecule is CC(C)C(CCO)NC(=O)Nc1ccc(OC(F)F)cc1. The highest BCUT2D eigenvalue weighted by atomic mass is 19.3. The van der Waals surface area contributed by atoms with E-state index < -0.39 is 12.6 Å². The molecule has 1 unspecified atom stereocenters. The minimum atomic E-state index is -2.88. The first-order valence-corrected chi connectivity index (χ1v) is 6.65. The first-order chi connectivity index (χ1) is 9.92. The van der Waals surface area contributed by atoms with Gasteiger partial charge in [-0.3, -0.25) is 0 Å². The number of hydrogen-bond acceptors (Lipinski definition) is 3. The van der Waals surface area contributed by atoms with Gasteiger partial charge in [0.1, 0.15) is 5.75 Å². The second-order valence-electron chi connectivity index (χ2n) is 4.86. The lowest BCUT2D eigenvalue weighted by Gasteiger charge is -2.21. The molecule has 1 rings (SSSR count). The van der Waals surface area contributed by atoms with Gasteiger partial charge in [-0.05, 0) is 36.6 Å². The van der Waals surface area contributed by atoms with E-state index in [1.165, 1.54) is 24.3 Å². The predicted molar refractivity (Wildman–Crippen MR) is 75.6 cm³/mol. The number of carbonyl (C=O) groups excluding carboxylic acids is 1. The van der Waals surface area contributed by atoms with Crippen molar-refractivity contribution < 1.29 is 23.4 Å². The van der Waals surface area contributed by atoms with Gasteiger partial charge in [0.25, 0.3) is 0 Å². The molecule has 0 aliphatic heterocycles. The standard InChI is InChI=1S/C14H20F2N2O3/c1-9(2)12(7-8-19)18-14(20)17-10-3-5-11(6-4-10)21-13(15)16/h3-6,9,12-13,19H,7-8H2,1-2H3,(H2,17,18,20). The molecule has 118 valence electrons. The maximum Gasteiger partial charge on any atom is 0.387 e. The fourth-order valence-corrected chi connectivity index (χ4v) is 1.77. The van der Waals surface area contributed by atoms with E-state index in [2.05, 4.69) is 15.4 Å². The zero-order chi connectivity index (χ0) is 15.8. The summed E-state index contributed by atoms with van der Waals surface area (Å²) >= 11 is 0. The molecule has 5 nitrogen and oxygen atoms in total. The van der Waals surface area contributed by atoms with Gasteiger partial charge in [0.15, 0.2) is 0 Å². The van der Waals surface area contributed by atoms with E-state index in [9.17, 15) is 13.6 Å². The van der Waals surface area contributed by atoms with Crippen LogP contribution in [0.2, 0.25) is 0 Å². The molecule has 3 N–H and O–H groups in total. The monoisotopic (exact) mass is 302 g/mol. The van der Waals surface area contributed by atoms with Crippen molar-refractivity contribution in [2.45, 2.75) is 32.9 Å². The summed E-state index contributed by atoms with van der Waals surface area (Å²) in [5.41, 5.74) is 0.459. The molecule has 1 aromatic rings. The van der Waals surface area contributed by atoms with Crippen LogP contribution in [0.5, 0.6) is 5.75 Å². The topological polar surface area (TPSA) is 70.6 Å². The molecule has 0 heterocycles. The van der Waals surface area contributed by atoms with Crippen LogP contribution in [0.25, 0.3) is 0 Å². The third-order valence-electron chi connectivity index (χ3n) is 2.90. The van der Waals surface area contributed by atoms with E-state index in [0.717, 1.165) is 0 Å². The number of amides is 2. The summed E-state index contributed by atoms with van der Waals surface area (Å²) in [7, 11) is 0. The Balaban J connectivity index is 2.54. The van der Waals surface area contributed by atoms with Crippen molar-refractivity contribution in [3.05, 3.63) is 24.3 Å². The number of anilines is 1. The summed E-state index contributed by atoms with van der Waals surface area (Å²) in [6.07, 6.45) is 0.465. The first-order valence-electron chi connectivity index (χ1n) is 6.65. The van der Waals surface area contributed by atoms with Crippen LogP contribution in [-0.2, 0) is 0 Å². The lowest BCUT2D eigenvalue weighted by atomic mass is 10.0. The third kappa shape index (κ3) is 6.40. The molecule has 0 aliphatic rings. The predicted octanol–water partition coefficient (Wildman–Crippen LogP) is 2.82. The van der Waals surface area contributed by atoms with Crippen molar-refractivity contribution in [1.82, 2.24) is 5.32 Å². The van der Waals surface area contributed by atoms with Gasteiger partial charge in [0, 0.05) is 18.3 Å². The highest BCUT2D eigenvalue weighted by Crippen LogP contribution is 2.17. The number of urea groups is 1. The summed E-state index contributed by atoms with van der Waals surface area (Å²) in [6.45, 7) is 0.995. The van der Waals surface area contributed by atoms with Crippen LogP contribution in [0.15, 0.2) is 24.3 Å². The Kier molecular flexibility index (Phi) is 6.87. The number of alkyl halides is 2. The van der Waals surface area contributed by atoms with Crippen molar-refractivity contribution in [2.24, 2.45) is 5.92 Å². The number of benzene rings is 1. The molecular formula is C14H20F2N2O3. The van der Waals surface area contributed by atoms with Crippen LogP contribution in [-0.4, -0.2) is 30.4 Å². The Hall–Kier alpha value is -1.89. The summed E-state index contributed by atoms with van der Waals surface area (Å²) in [6, 6.07) is 5.06. The van der Waals surface area contributed by atoms with Gasteiger partial charge in [-0.1, -0.05) is 13.8 Å². The Morgan fingerprint density at radius 1 is 1.29 bits per heavy atom. The van der Waals surface area contributed by atoms with E-state index in [0.29, 0.717) is 12.1 Å². The van der Waals surface area contributed by atoms with E-state index in [-0.39, 0.29) is 24.3 Å². The molecule has 1 aromatic carbocycles. The van der Waals surface area contributed by atoms with Crippen molar-refractivity contribution >= 4 is 11.7 Å². The molecule has 0 aromatic heterocycles. The Morgan fingerprint density at radius 3 is 2.38 bits per heavy atom. The normalized spacial score (nSPS) is 12.3. The summed E-state index contributed by atoms with van der Waals surface area (Å²) in [4.78, 5) is 11.8. The maximum absolute atomic E-state index is 12.0. The van der Waals surface area contributed by atoms with E-state index in [1.54, 1.807) is 0 Å². The molecule has 0 saturated carbocycles. The number of aliphatic hydroxyl groups is 1. The van der Waals surface area contributed by atoms with Gasteiger partial charge >= 0.3 is 12.6 Å². The van der Waals surface area contributed by atoms with E-state index >= 15 is 0 Å². The molecule has 7 heteroatoms. The van der Waals surface area contributed by atoms with Gasteiger partial charge in [-0.15, -0.1) is 0 Å². The van der Waals surface area contributed by atoms with Crippen LogP contribution in [0.4, 0.5) is 19.3 Å². The average Bonchev–Trinajstić information content (AvgIpc) is 2.40. The number of hydrogen-bond donors (Lipinski definition) is 3. The molecule has 0 fully saturated rings. The highest BCUT2D eigenvalue weighted by Gasteiger charge is 2.15. The minimum Gasteiger partial charge on any atom is -0.435 e. The number of rotatable bonds is 7. The molecule has 0 aliphatic carbocycles. The average molecular weight is 302 g/mol. The second kappa shape index (κ2) is 8.41. The largest absolute Gasteiger partial charge is 0.435 e. The summed E-state index contributed by atoms with van der Waals surface area (Å²) < 4.78 is 28.2. The maximum atomic E-state index is 12.0. The zero-order valence-corrected chi connectivity index (χ0v) is 12.0.